The average Bonchev–Trinajstić information content (AvgIpc) is 2.97. The second-order valence-electron chi connectivity index (χ2n) is 5.37. The molecule has 0 radical (unpaired) electrons. The summed E-state index contributed by atoms with van der Waals surface area (Å²) >= 11 is 0. The summed E-state index contributed by atoms with van der Waals surface area (Å²) in [6.07, 6.45) is 5.42. The molecule has 0 aliphatic rings. The van der Waals surface area contributed by atoms with Gasteiger partial charge >= 0.3 is 0 Å². The predicted octanol–water partition coefficient (Wildman–Crippen LogP) is 2.10. The summed E-state index contributed by atoms with van der Waals surface area (Å²) in [6.45, 7) is 9.87. The van der Waals surface area contributed by atoms with Crippen LogP contribution in [0.4, 0.5) is 0 Å². The van der Waals surface area contributed by atoms with Crippen LogP contribution in [0.15, 0.2) is 29.5 Å². The lowest BCUT2D eigenvalue weighted by atomic mass is 10.0. The van der Waals surface area contributed by atoms with E-state index in [1.54, 1.807) is 7.05 Å². The van der Waals surface area contributed by atoms with Gasteiger partial charge in [0.2, 0.25) is 0 Å². The second-order valence-corrected chi connectivity index (χ2v) is 5.37. The Balaban J connectivity index is 2.21. The highest BCUT2D eigenvalue weighted by atomic mass is 16.5. The van der Waals surface area contributed by atoms with Crippen LogP contribution in [0, 0.1) is 5.92 Å². The summed E-state index contributed by atoms with van der Waals surface area (Å²) in [5, 5.41) is 6.66. The van der Waals surface area contributed by atoms with Crippen LogP contribution in [-0.4, -0.2) is 43.4 Å². The molecule has 0 aliphatic heterocycles. The molecule has 0 aromatic carbocycles. The van der Waals surface area contributed by atoms with Gasteiger partial charge in [-0.2, -0.15) is 0 Å². The molecule has 1 aromatic rings. The Bertz CT molecular complexity index is 387. The summed E-state index contributed by atoms with van der Waals surface area (Å²) in [4.78, 5) is 4.24. The molecule has 0 amide bonds. The first kappa shape index (κ1) is 17.6. The van der Waals surface area contributed by atoms with Crippen molar-refractivity contribution in [3.63, 3.8) is 0 Å². The standard InChI is InChI=1S/C16H30N4O/c1-5-21-15(14(2)3)8-9-18-16(17-4)19-10-13-20-11-6-7-12-20/h6-7,11-12,14-15H,5,8-10,13H2,1-4H3,(H2,17,18,19). The van der Waals surface area contributed by atoms with E-state index in [2.05, 4.69) is 46.4 Å². The van der Waals surface area contributed by atoms with Crippen molar-refractivity contribution >= 4 is 5.96 Å². The lowest BCUT2D eigenvalue weighted by Gasteiger charge is -2.21. The minimum Gasteiger partial charge on any atom is -0.378 e. The average molecular weight is 294 g/mol. The number of aliphatic imine (C=N–C) groups is 1. The Kier molecular flexibility index (Phi) is 8.59. The van der Waals surface area contributed by atoms with Crippen molar-refractivity contribution < 1.29 is 4.74 Å². The van der Waals surface area contributed by atoms with E-state index < -0.39 is 0 Å². The maximum absolute atomic E-state index is 5.75. The highest BCUT2D eigenvalue weighted by Gasteiger charge is 2.12. The number of aromatic nitrogens is 1. The van der Waals surface area contributed by atoms with Crippen molar-refractivity contribution in [3.05, 3.63) is 24.5 Å². The topological polar surface area (TPSA) is 50.6 Å². The SMILES string of the molecule is CCOC(CCNC(=NC)NCCn1cccc1)C(C)C. The minimum atomic E-state index is 0.306. The molecule has 1 rings (SSSR count). The summed E-state index contributed by atoms with van der Waals surface area (Å²) in [5.74, 6) is 1.39. The number of ether oxygens (including phenoxy) is 1. The van der Waals surface area contributed by atoms with Gasteiger partial charge in [0.25, 0.3) is 0 Å². The molecule has 2 N–H and O–H groups in total. The Hall–Kier alpha value is -1.49. The first-order valence-electron chi connectivity index (χ1n) is 7.84. The van der Waals surface area contributed by atoms with E-state index in [1.807, 2.05) is 19.1 Å². The van der Waals surface area contributed by atoms with E-state index in [-0.39, 0.29) is 0 Å². The van der Waals surface area contributed by atoms with Crippen LogP contribution in [0.3, 0.4) is 0 Å². The third-order valence-electron chi connectivity index (χ3n) is 3.40. The number of rotatable bonds is 9. The van der Waals surface area contributed by atoms with E-state index in [0.29, 0.717) is 12.0 Å². The third-order valence-corrected chi connectivity index (χ3v) is 3.40. The zero-order valence-electron chi connectivity index (χ0n) is 13.8. The van der Waals surface area contributed by atoms with Gasteiger partial charge in [-0.1, -0.05) is 13.8 Å². The fourth-order valence-electron chi connectivity index (χ4n) is 2.20. The molecule has 0 saturated heterocycles. The van der Waals surface area contributed by atoms with Crippen LogP contribution in [0.5, 0.6) is 0 Å². The molecular weight excluding hydrogens is 264 g/mol. The quantitative estimate of drug-likeness (QED) is 0.542. The van der Waals surface area contributed by atoms with Crippen molar-refractivity contribution in [3.8, 4) is 0 Å². The molecule has 1 aromatic heterocycles. The van der Waals surface area contributed by atoms with Crippen molar-refractivity contribution in [1.29, 1.82) is 0 Å². The van der Waals surface area contributed by atoms with Gasteiger partial charge in [0.15, 0.2) is 5.96 Å². The van der Waals surface area contributed by atoms with Crippen molar-refractivity contribution in [1.82, 2.24) is 15.2 Å². The maximum atomic E-state index is 5.75. The van der Waals surface area contributed by atoms with E-state index in [9.17, 15) is 0 Å². The van der Waals surface area contributed by atoms with Gasteiger partial charge in [-0.25, -0.2) is 0 Å². The Labute approximate surface area is 128 Å². The number of hydrogen-bond donors (Lipinski definition) is 2. The largest absolute Gasteiger partial charge is 0.378 e. The monoisotopic (exact) mass is 294 g/mol. The molecule has 1 heterocycles. The van der Waals surface area contributed by atoms with Gasteiger partial charge in [-0.3, -0.25) is 4.99 Å². The van der Waals surface area contributed by atoms with Crippen LogP contribution in [-0.2, 0) is 11.3 Å². The van der Waals surface area contributed by atoms with Gasteiger partial charge < -0.3 is 19.9 Å². The Morgan fingerprint density at radius 1 is 1.19 bits per heavy atom. The first-order valence-corrected chi connectivity index (χ1v) is 7.84. The van der Waals surface area contributed by atoms with Crippen LogP contribution in [0.25, 0.3) is 0 Å². The molecular formula is C16H30N4O. The third kappa shape index (κ3) is 7.18. The molecule has 0 saturated carbocycles. The van der Waals surface area contributed by atoms with E-state index in [1.165, 1.54) is 0 Å². The Morgan fingerprint density at radius 2 is 1.86 bits per heavy atom. The molecule has 21 heavy (non-hydrogen) atoms. The minimum absolute atomic E-state index is 0.306. The van der Waals surface area contributed by atoms with Gasteiger partial charge in [0, 0.05) is 45.7 Å². The first-order chi connectivity index (χ1) is 10.2. The summed E-state index contributed by atoms with van der Waals surface area (Å²) < 4.78 is 7.89. The van der Waals surface area contributed by atoms with E-state index in [4.69, 9.17) is 4.74 Å². The van der Waals surface area contributed by atoms with Gasteiger partial charge in [-0.15, -0.1) is 0 Å². The molecule has 5 nitrogen and oxygen atoms in total. The van der Waals surface area contributed by atoms with Crippen LogP contribution >= 0.6 is 0 Å². The number of nitrogens with one attached hydrogen (secondary N) is 2. The van der Waals surface area contributed by atoms with E-state index in [0.717, 1.165) is 38.6 Å². The summed E-state index contributed by atoms with van der Waals surface area (Å²) in [5.41, 5.74) is 0. The summed E-state index contributed by atoms with van der Waals surface area (Å²) in [7, 11) is 1.80. The van der Waals surface area contributed by atoms with Crippen LogP contribution < -0.4 is 10.6 Å². The van der Waals surface area contributed by atoms with E-state index >= 15 is 0 Å². The zero-order valence-corrected chi connectivity index (χ0v) is 13.8. The van der Waals surface area contributed by atoms with Crippen molar-refractivity contribution in [2.24, 2.45) is 10.9 Å². The maximum Gasteiger partial charge on any atom is 0.191 e. The lowest BCUT2D eigenvalue weighted by Crippen LogP contribution is -2.40. The molecule has 5 heteroatoms. The fourth-order valence-corrected chi connectivity index (χ4v) is 2.20. The van der Waals surface area contributed by atoms with Gasteiger partial charge in [0.05, 0.1) is 6.10 Å². The summed E-state index contributed by atoms with van der Waals surface area (Å²) in [6, 6.07) is 4.07. The zero-order chi connectivity index (χ0) is 15.5. The van der Waals surface area contributed by atoms with Crippen molar-refractivity contribution in [2.45, 2.75) is 39.8 Å². The van der Waals surface area contributed by atoms with Crippen LogP contribution in [0.2, 0.25) is 0 Å². The van der Waals surface area contributed by atoms with Gasteiger partial charge in [-0.05, 0) is 31.4 Å². The molecule has 0 spiro atoms. The number of hydrogen-bond acceptors (Lipinski definition) is 2. The molecule has 1 unspecified atom stereocenters. The highest BCUT2D eigenvalue weighted by Crippen LogP contribution is 2.09. The van der Waals surface area contributed by atoms with Crippen LogP contribution in [0.1, 0.15) is 27.2 Å². The number of guanidine groups is 1. The molecule has 1 atom stereocenters. The molecule has 0 bridgehead atoms. The number of nitrogens with zero attached hydrogens (tertiary/aromatic N) is 2. The lowest BCUT2D eigenvalue weighted by molar-refractivity contribution is 0.0258. The molecule has 120 valence electrons. The van der Waals surface area contributed by atoms with Crippen molar-refractivity contribution in [2.75, 3.05) is 26.7 Å². The molecule has 0 aliphatic carbocycles. The normalized spacial score (nSPS) is 13.5. The second kappa shape index (κ2) is 10.3. The molecule has 0 fully saturated rings. The fraction of sp³-hybridized carbons (Fsp3) is 0.688. The smallest absolute Gasteiger partial charge is 0.191 e. The highest BCUT2D eigenvalue weighted by molar-refractivity contribution is 5.79. The van der Waals surface area contributed by atoms with Gasteiger partial charge in [0.1, 0.15) is 0 Å². The predicted molar refractivity (Wildman–Crippen MR) is 88.7 cm³/mol. The Morgan fingerprint density at radius 3 is 2.43 bits per heavy atom.